The molecule has 1 unspecified atom stereocenters. The van der Waals surface area contributed by atoms with Crippen molar-refractivity contribution in [2.24, 2.45) is 11.8 Å². The van der Waals surface area contributed by atoms with Crippen LogP contribution in [0.3, 0.4) is 0 Å². The highest BCUT2D eigenvalue weighted by Gasteiger charge is 2.39. The largest absolute Gasteiger partial charge is 0.507 e. The lowest BCUT2D eigenvalue weighted by molar-refractivity contribution is -0.145. The van der Waals surface area contributed by atoms with Gasteiger partial charge in [0.2, 0.25) is 5.88 Å². The zero-order valence-corrected chi connectivity index (χ0v) is 21.2. The minimum Gasteiger partial charge on any atom is -0.507 e. The number of pyridine rings is 1. The zero-order chi connectivity index (χ0) is 26.5. The number of aromatic hydroxyl groups is 1. The Kier molecular flexibility index (Phi) is 8.24. The number of halogens is 1. The molecule has 0 amide bonds. The van der Waals surface area contributed by atoms with Crippen LogP contribution in [0.25, 0.3) is 17.2 Å². The number of aliphatic hydroxyl groups excluding tert-OH is 1. The van der Waals surface area contributed by atoms with Crippen LogP contribution >= 0.6 is 0 Å². The summed E-state index contributed by atoms with van der Waals surface area (Å²) in [7, 11) is 2.91. The molecule has 7 heteroatoms. The Morgan fingerprint density at radius 3 is 2.54 bits per heavy atom. The number of rotatable bonds is 10. The molecule has 3 atom stereocenters. The SMILES string of the molecule is COC(=O)[C@@H](C)[C@H](c1ccc(/C=C\CC(O)c2ccc(-c3ccnc(OC)c3)cc2F)c(O)c1)C1CC1. The van der Waals surface area contributed by atoms with Gasteiger partial charge >= 0.3 is 5.97 Å². The van der Waals surface area contributed by atoms with Gasteiger partial charge < -0.3 is 19.7 Å². The standard InChI is InChI=1S/C30H32FNO5/c1-18(30(35)37-3)29(20-8-9-20)23-10-7-19(27(34)16-23)5-4-6-26(33)24-12-11-21(15-25(24)31)22-13-14-32-28(17-22)36-2/h4-5,7,10-18,20,26,29,33-34H,6,8-9H2,1-3H3/b5-4-/t18-,26?,29-/m0/s1. The molecule has 1 saturated carbocycles. The van der Waals surface area contributed by atoms with Crippen LogP contribution in [0.5, 0.6) is 11.6 Å². The summed E-state index contributed by atoms with van der Waals surface area (Å²) >= 11 is 0. The second-order valence-corrected chi connectivity index (χ2v) is 9.47. The van der Waals surface area contributed by atoms with E-state index < -0.39 is 11.9 Å². The van der Waals surface area contributed by atoms with E-state index in [0.29, 0.717) is 22.9 Å². The second-order valence-electron chi connectivity index (χ2n) is 9.47. The molecule has 1 aromatic heterocycles. The van der Waals surface area contributed by atoms with Crippen LogP contribution in [0.1, 0.15) is 54.9 Å². The number of methoxy groups -OCH3 is 2. The van der Waals surface area contributed by atoms with E-state index in [2.05, 4.69) is 4.98 Å². The first-order chi connectivity index (χ1) is 17.8. The number of carbonyl (C=O) groups excluding carboxylic acids is 1. The minimum absolute atomic E-state index is 0.00242. The molecule has 0 spiro atoms. The molecule has 0 radical (unpaired) electrons. The summed E-state index contributed by atoms with van der Waals surface area (Å²) < 4.78 is 24.9. The normalized spacial score (nSPS) is 15.8. The first-order valence-corrected chi connectivity index (χ1v) is 12.4. The third-order valence-electron chi connectivity index (χ3n) is 6.97. The number of carbonyl (C=O) groups is 1. The molecular formula is C30H32FNO5. The average Bonchev–Trinajstić information content (AvgIpc) is 3.74. The van der Waals surface area contributed by atoms with E-state index in [1.54, 1.807) is 54.7 Å². The molecule has 1 aliphatic rings. The van der Waals surface area contributed by atoms with Gasteiger partial charge in [0.25, 0.3) is 0 Å². The van der Waals surface area contributed by atoms with E-state index in [1.807, 2.05) is 13.0 Å². The molecule has 1 aliphatic carbocycles. The third kappa shape index (κ3) is 6.17. The van der Waals surface area contributed by atoms with Crippen LogP contribution in [0.4, 0.5) is 4.39 Å². The lowest BCUT2D eigenvalue weighted by atomic mass is 9.83. The number of hydrogen-bond acceptors (Lipinski definition) is 6. The molecule has 0 aliphatic heterocycles. The minimum atomic E-state index is -1.04. The Bertz CT molecular complexity index is 1290. The van der Waals surface area contributed by atoms with Crippen molar-refractivity contribution in [2.75, 3.05) is 14.2 Å². The molecule has 194 valence electrons. The van der Waals surface area contributed by atoms with Crippen LogP contribution < -0.4 is 4.74 Å². The molecule has 4 rings (SSSR count). The maximum Gasteiger partial charge on any atom is 0.309 e. The Morgan fingerprint density at radius 1 is 1.14 bits per heavy atom. The fraction of sp³-hybridized carbons (Fsp3) is 0.333. The van der Waals surface area contributed by atoms with Crippen molar-refractivity contribution in [3.63, 3.8) is 0 Å². The number of phenols is 1. The van der Waals surface area contributed by atoms with Crippen molar-refractivity contribution in [1.82, 2.24) is 4.98 Å². The highest BCUT2D eigenvalue weighted by Crippen LogP contribution is 2.47. The number of phenolic OH excluding ortho intramolecular Hbond substituents is 1. The van der Waals surface area contributed by atoms with Crippen LogP contribution in [0.2, 0.25) is 0 Å². The van der Waals surface area contributed by atoms with Gasteiger partial charge in [-0.15, -0.1) is 0 Å². The number of aromatic nitrogens is 1. The number of benzene rings is 2. The molecule has 0 bridgehead atoms. The van der Waals surface area contributed by atoms with Crippen LogP contribution in [0, 0.1) is 17.7 Å². The van der Waals surface area contributed by atoms with Gasteiger partial charge in [0.1, 0.15) is 11.6 Å². The third-order valence-corrected chi connectivity index (χ3v) is 6.97. The van der Waals surface area contributed by atoms with Gasteiger partial charge in [-0.25, -0.2) is 9.37 Å². The van der Waals surface area contributed by atoms with Gasteiger partial charge in [0, 0.05) is 23.4 Å². The maximum absolute atomic E-state index is 14.8. The fourth-order valence-corrected chi connectivity index (χ4v) is 4.79. The van der Waals surface area contributed by atoms with Crippen molar-refractivity contribution in [1.29, 1.82) is 0 Å². The molecule has 1 fully saturated rings. The van der Waals surface area contributed by atoms with Crippen molar-refractivity contribution in [2.45, 2.75) is 38.2 Å². The van der Waals surface area contributed by atoms with Gasteiger partial charge in [-0.1, -0.05) is 43.3 Å². The predicted molar refractivity (Wildman–Crippen MR) is 140 cm³/mol. The second kappa shape index (κ2) is 11.6. The Balaban J connectivity index is 1.43. The quantitative estimate of drug-likeness (QED) is 0.327. The highest BCUT2D eigenvalue weighted by molar-refractivity contribution is 5.73. The molecule has 37 heavy (non-hydrogen) atoms. The smallest absolute Gasteiger partial charge is 0.309 e. The summed E-state index contributed by atoms with van der Waals surface area (Å²) in [6.07, 6.45) is 6.24. The first-order valence-electron chi connectivity index (χ1n) is 12.4. The zero-order valence-electron chi connectivity index (χ0n) is 21.2. The van der Waals surface area contributed by atoms with Gasteiger partial charge in [-0.3, -0.25) is 4.79 Å². The van der Waals surface area contributed by atoms with Crippen LogP contribution in [-0.2, 0) is 9.53 Å². The van der Waals surface area contributed by atoms with E-state index in [4.69, 9.17) is 9.47 Å². The van der Waals surface area contributed by atoms with Crippen LogP contribution in [-0.4, -0.2) is 35.4 Å². The Labute approximate surface area is 216 Å². The Morgan fingerprint density at radius 2 is 1.89 bits per heavy atom. The number of aliphatic hydroxyl groups is 1. The summed E-state index contributed by atoms with van der Waals surface area (Å²) in [6.45, 7) is 1.86. The lowest BCUT2D eigenvalue weighted by Crippen LogP contribution is -2.22. The number of nitrogens with zero attached hydrogens (tertiary/aromatic N) is 1. The predicted octanol–water partition coefficient (Wildman–Crippen LogP) is 6.04. The van der Waals surface area contributed by atoms with Crippen molar-refractivity contribution in [3.05, 3.63) is 83.3 Å². The van der Waals surface area contributed by atoms with Crippen molar-refractivity contribution in [3.8, 4) is 22.8 Å². The monoisotopic (exact) mass is 505 g/mol. The number of hydrogen-bond donors (Lipinski definition) is 2. The van der Waals surface area contributed by atoms with Crippen LogP contribution in [0.15, 0.2) is 60.8 Å². The molecular weight excluding hydrogens is 473 g/mol. The van der Waals surface area contributed by atoms with Crippen molar-refractivity contribution < 1.29 is 28.9 Å². The van der Waals surface area contributed by atoms with Gasteiger partial charge in [0.15, 0.2) is 0 Å². The average molecular weight is 506 g/mol. The summed E-state index contributed by atoms with van der Waals surface area (Å²) in [6, 6.07) is 13.6. The van der Waals surface area contributed by atoms with E-state index in [0.717, 1.165) is 24.0 Å². The van der Waals surface area contributed by atoms with E-state index in [1.165, 1.54) is 20.3 Å². The molecule has 1 heterocycles. The molecule has 2 N–H and O–H groups in total. The highest BCUT2D eigenvalue weighted by atomic mass is 19.1. The summed E-state index contributed by atoms with van der Waals surface area (Å²) in [5, 5.41) is 21.2. The number of ether oxygens (including phenoxy) is 2. The Hall–Kier alpha value is -3.71. The van der Waals surface area contributed by atoms with Crippen molar-refractivity contribution >= 4 is 12.0 Å². The topological polar surface area (TPSA) is 88.9 Å². The summed E-state index contributed by atoms with van der Waals surface area (Å²) in [5.41, 5.74) is 3.09. The van der Waals surface area contributed by atoms with Gasteiger partial charge in [-0.05, 0) is 66.0 Å². The van der Waals surface area contributed by atoms with E-state index in [-0.39, 0.29) is 35.5 Å². The molecule has 6 nitrogen and oxygen atoms in total. The van der Waals surface area contributed by atoms with E-state index in [9.17, 15) is 19.4 Å². The van der Waals surface area contributed by atoms with Gasteiger partial charge in [-0.2, -0.15) is 0 Å². The lowest BCUT2D eigenvalue weighted by Gasteiger charge is -2.23. The summed E-state index contributed by atoms with van der Waals surface area (Å²) in [5.74, 6) is -0.124. The maximum atomic E-state index is 14.8. The molecule has 3 aromatic rings. The summed E-state index contributed by atoms with van der Waals surface area (Å²) in [4.78, 5) is 16.2. The molecule has 0 saturated heterocycles. The first kappa shape index (κ1) is 26.4. The van der Waals surface area contributed by atoms with E-state index >= 15 is 0 Å². The molecule has 2 aromatic carbocycles. The van der Waals surface area contributed by atoms with Gasteiger partial charge in [0.05, 0.1) is 26.2 Å². The number of esters is 1. The fourth-order valence-electron chi connectivity index (χ4n) is 4.79.